The fraction of sp³-hybridized carbons (Fsp3) is 0.545. The summed E-state index contributed by atoms with van der Waals surface area (Å²) in [5, 5.41) is 0. The van der Waals surface area contributed by atoms with Gasteiger partial charge in [-0.2, -0.15) is 0 Å². The van der Waals surface area contributed by atoms with E-state index < -0.39 is 5.41 Å². The molecule has 1 saturated heterocycles. The maximum absolute atomic E-state index is 13.0. The van der Waals surface area contributed by atoms with E-state index in [9.17, 15) is 4.79 Å². The van der Waals surface area contributed by atoms with Crippen molar-refractivity contribution in [3.63, 3.8) is 0 Å². The second-order valence-electron chi connectivity index (χ2n) is 8.59. The van der Waals surface area contributed by atoms with Crippen LogP contribution in [0.4, 0.5) is 5.69 Å². The van der Waals surface area contributed by atoms with Crippen LogP contribution < -0.4 is 0 Å². The molecule has 1 aliphatic carbocycles. The highest BCUT2D eigenvalue weighted by Crippen LogP contribution is 2.65. The van der Waals surface area contributed by atoms with E-state index in [-0.39, 0.29) is 16.8 Å². The number of rotatable bonds is 2. The molecule has 4 nitrogen and oxygen atoms in total. The van der Waals surface area contributed by atoms with Gasteiger partial charge < -0.3 is 4.74 Å². The molecule has 0 aromatic heterocycles. The Hall–Kier alpha value is -1.94. The third kappa shape index (κ3) is 1.65. The summed E-state index contributed by atoms with van der Waals surface area (Å²) in [5.74, 6) is -0.146. The highest BCUT2D eigenvalue weighted by Gasteiger charge is 2.70. The van der Waals surface area contributed by atoms with Gasteiger partial charge in [0.2, 0.25) is 0 Å². The van der Waals surface area contributed by atoms with Gasteiger partial charge in [-0.3, -0.25) is 14.7 Å². The maximum Gasteiger partial charge on any atom is 0.317 e. The van der Waals surface area contributed by atoms with Crippen molar-refractivity contribution in [1.82, 2.24) is 4.90 Å². The molecule has 4 aliphatic rings. The maximum atomic E-state index is 13.0. The van der Waals surface area contributed by atoms with Gasteiger partial charge in [0.1, 0.15) is 5.41 Å². The van der Waals surface area contributed by atoms with Gasteiger partial charge in [0.25, 0.3) is 0 Å². The van der Waals surface area contributed by atoms with Gasteiger partial charge in [0.05, 0.1) is 18.2 Å². The Balaban J connectivity index is 1.83. The predicted molar refractivity (Wildman–Crippen MR) is 102 cm³/mol. The minimum Gasteiger partial charge on any atom is -0.468 e. The summed E-state index contributed by atoms with van der Waals surface area (Å²) in [6.45, 7) is 6.38. The number of para-hydroxylation sites is 1. The molecule has 2 fully saturated rings. The summed E-state index contributed by atoms with van der Waals surface area (Å²) in [6.07, 6.45) is 7.53. The van der Waals surface area contributed by atoms with Gasteiger partial charge in [-0.05, 0) is 37.8 Å². The first-order valence-corrected chi connectivity index (χ1v) is 9.71. The van der Waals surface area contributed by atoms with E-state index in [0.29, 0.717) is 6.04 Å². The molecule has 5 rings (SSSR count). The van der Waals surface area contributed by atoms with Crippen molar-refractivity contribution in [3.8, 4) is 0 Å². The minimum atomic E-state index is -0.683. The lowest BCUT2D eigenvalue weighted by Gasteiger charge is -2.58. The Morgan fingerprint density at radius 3 is 2.96 bits per heavy atom. The lowest BCUT2D eigenvalue weighted by atomic mass is 9.47. The van der Waals surface area contributed by atoms with Gasteiger partial charge in [-0.25, -0.2) is 0 Å². The largest absolute Gasteiger partial charge is 0.468 e. The first-order valence-electron chi connectivity index (χ1n) is 9.71. The third-order valence-corrected chi connectivity index (χ3v) is 7.50. The van der Waals surface area contributed by atoms with E-state index in [1.54, 1.807) is 0 Å². The average Bonchev–Trinajstić information content (AvgIpc) is 3.23. The Kier molecular flexibility index (Phi) is 3.17. The van der Waals surface area contributed by atoms with Crippen LogP contribution in [-0.2, 0) is 14.9 Å². The number of methoxy groups -OCH3 is 1. The van der Waals surface area contributed by atoms with Gasteiger partial charge >= 0.3 is 5.97 Å². The fourth-order valence-electron chi connectivity index (χ4n) is 6.63. The van der Waals surface area contributed by atoms with Crippen molar-refractivity contribution >= 4 is 17.4 Å². The molecule has 26 heavy (non-hydrogen) atoms. The molecule has 0 bridgehead atoms. The zero-order valence-electron chi connectivity index (χ0n) is 15.8. The number of benzene rings is 1. The van der Waals surface area contributed by atoms with E-state index >= 15 is 0 Å². The summed E-state index contributed by atoms with van der Waals surface area (Å²) in [7, 11) is 1.51. The average molecular weight is 350 g/mol. The van der Waals surface area contributed by atoms with Crippen LogP contribution in [0.1, 0.15) is 38.7 Å². The molecule has 1 aromatic carbocycles. The van der Waals surface area contributed by atoms with E-state index in [2.05, 4.69) is 49.1 Å². The lowest BCUT2D eigenvalue weighted by Crippen LogP contribution is -2.66. The number of esters is 1. The number of nitrogens with zero attached hydrogens (tertiary/aromatic N) is 2. The van der Waals surface area contributed by atoms with Gasteiger partial charge in [0, 0.05) is 30.3 Å². The van der Waals surface area contributed by atoms with Gasteiger partial charge in [0.15, 0.2) is 0 Å². The summed E-state index contributed by atoms with van der Waals surface area (Å²) >= 11 is 0. The minimum absolute atomic E-state index is 0.0197. The second kappa shape index (κ2) is 5.07. The van der Waals surface area contributed by atoms with E-state index in [4.69, 9.17) is 9.73 Å². The standard InChI is InChI=1S/C22H26N2O2/c1-4-21-10-7-12-24-13-11-22(18(21)24)15-8-5-6-9-16(15)23-17(22)20(2,14-21)19(25)26-3/h5-10,18H,4,11-14H2,1-3H3/t18-,20?,21-,22?/m0/s1. The Morgan fingerprint density at radius 2 is 2.19 bits per heavy atom. The van der Waals surface area contributed by atoms with E-state index in [1.165, 1.54) is 12.7 Å². The van der Waals surface area contributed by atoms with Gasteiger partial charge in [-0.1, -0.05) is 37.3 Å². The monoisotopic (exact) mass is 350 g/mol. The molecule has 4 heteroatoms. The van der Waals surface area contributed by atoms with Crippen molar-refractivity contribution in [2.45, 2.75) is 44.6 Å². The topological polar surface area (TPSA) is 41.9 Å². The van der Waals surface area contributed by atoms with Crippen LogP contribution >= 0.6 is 0 Å². The van der Waals surface area contributed by atoms with Crippen LogP contribution in [0, 0.1) is 10.8 Å². The molecule has 0 N–H and O–H groups in total. The van der Waals surface area contributed by atoms with Crippen molar-refractivity contribution in [3.05, 3.63) is 42.0 Å². The molecule has 3 aliphatic heterocycles. The predicted octanol–water partition coefficient (Wildman–Crippen LogP) is 3.63. The number of hydrogen-bond donors (Lipinski definition) is 0. The normalized spacial score (nSPS) is 39.8. The number of fused-ring (bicyclic) bond motifs is 1. The quantitative estimate of drug-likeness (QED) is 0.604. The van der Waals surface area contributed by atoms with Crippen LogP contribution in [0.2, 0.25) is 0 Å². The molecule has 1 saturated carbocycles. The van der Waals surface area contributed by atoms with Crippen molar-refractivity contribution in [1.29, 1.82) is 0 Å². The zero-order chi connectivity index (χ0) is 18.2. The summed E-state index contributed by atoms with van der Waals surface area (Å²) in [4.78, 5) is 20.8. The van der Waals surface area contributed by atoms with Crippen LogP contribution in [-0.4, -0.2) is 42.8 Å². The summed E-state index contributed by atoms with van der Waals surface area (Å²) in [5.41, 5.74) is 2.53. The first-order chi connectivity index (χ1) is 12.5. The third-order valence-electron chi connectivity index (χ3n) is 7.50. The number of ether oxygens (including phenoxy) is 1. The number of hydrogen-bond acceptors (Lipinski definition) is 4. The fourth-order valence-corrected chi connectivity index (χ4v) is 6.63. The number of carbonyl (C=O) groups excluding carboxylic acids is 1. The van der Waals surface area contributed by atoms with Gasteiger partial charge in [-0.15, -0.1) is 0 Å². The van der Waals surface area contributed by atoms with Crippen LogP contribution in [0.25, 0.3) is 0 Å². The van der Waals surface area contributed by atoms with Crippen LogP contribution in [0.5, 0.6) is 0 Å². The molecular formula is C22H26N2O2. The highest BCUT2D eigenvalue weighted by atomic mass is 16.5. The SMILES string of the molecule is CC[C@]12C=CCN3CCC4(C(=Nc5ccccc54)C(C)(C(=O)OC)C1)[C@@H]32. The highest BCUT2D eigenvalue weighted by molar-refractivity contribution is 6.16. The Labute approximate surface area is 154 Å². The van der Waals surface area contributed by atoms with Crippen molar-refractivity contribution in [2.24, 2.45) is 15.8 Å². The van der Waals surface area contributed by atoms with E-state index in [1.807, 2.05) is 6.07 Å². The number of carbonyl (C=O) groups is 1. The Bertz CT molecular complexity index is 859. The Morgan fingerprint density at radius 1 is 1.38 bits per heavy atom. The summed E-state index contributed by atoms with van der Waals surface area (Å²) in [6, 6.07) is 8.88. The molecule has 0 radical (unpaired) electrons. The second-order valence-corrected chi connectivity index (χ2v) is 8.59. The van der Waals surface area contributed by atoms with E-state index in [0.717, 1.165) is 43.8 Å². The first kappa shape index (κ1) is 16.2. The van der Waals surface area contributed by atoms with Crippen molar-refractivity contribution in [2.75, 3.05) is 20.2 Å². The molecule has 136 valence electrons. The molecule has 2 unspecified atom stereocenters. The zero-order valence-corrected chi connectivity index (χ0v) is 15.8. The summed E-state index contributed by atoms with van der Waals surface area (Å²) < 4.78 is 5.31. The van der Waals surface area contributed by atoms with Crippen LogP contribution in [0.15, 0.2) is 41.4 Å². The molecule has 3 heterocycles. The van der Waals surface area contributed by atoms with Crippen molar-refractivity contribution < 1.29 is 9.53 Å². The molecular weight excluding hydrogens is 324 g/mol. The number of aliphatic imine (C=N–C) groups is 1. The van der Waals surface area contributed by atoms with Crippen LogP contribution in [0.3, 0.4) is 0 Å². The molecule has 1 spiro atoms. The lowest BCUT2D eigenvalue weighted by molar-refractivity contribution is -0.151. The molecule has 0 amide bonds. The smallest absolute Gasteiger partial charge is 0.317 e. The molecule has 1 aromatic rings. The molecule has 4 atom stereocenters.